The number of carbonyl (C=O) groups is 1. The lowest BCUT2D eigenvalue weighted by Crippen LogP contribution is -2.21. The molecule has 5 rings (SSSR count). The minimum atomic E-state index is -0.420. The van der Waals surface area contributed by atoms with Gasteiger partial charge in [0.1, 0.15) is 12.3 Å². The third-order valence-corrected chi connectivity index (χ3v) is 5.98. The summed E-state index contributed by atoms with van der Waals surface area (Å²) in [5, 5.41) is 8.54. The van der Waals surface area contributed by atoms with Crippen molar-refractivity contribution < 1.29 is 9.32 Å². The molecule has 1 amide bonds. The molecule has 162 valence electrons. The Hall–Kier alpha value is -3.87. The summed E-state index contributed by atoms with van der Waals surface area (Å²) in [6, 6.07) is 14.9. The van der Waals surface area contributed by atoms with Crippen LogP contribution in [0.4, 0.5) is 11.4 Å². The Kier molecular flexibility index (Phi) is 4.81. The molecule has 0 saturated heterocycles. The third kappa shape index (κ3) is 3.45. The van der Waals surface area contributed by atoms with Gasteiger partial charge in [-0.25, -0.2) is 0 Å². The van der Waals surface area contributed by atoms with E-state index in [4.69, 9.17) is 10.3 Å². The topological polar surface area (TPSA) is 90.2 Å². The van der Waals surface area contributed by atoms with E-state index in [0.29, 0.717) is 0 Å². The molecule has 7 heteroatoms. The van der Waals surface area contributed by atoms with Gasteiger partial charge in [0.2, 0.25) is 5.91 Å². The van der Waals surface area contributed by atoms with Crippen LogP contribution < -0.4 is 10.6 Å². The lowest BCUT2D eigenvalue weighted by atomic mass is 9.96. The van der Waals surface area contributed by atoms with Crippen molar-refractivity contribution in [3.63, 3.8) is 0 Å². The van der Waals surface area contributed by atoms with Crippen LogP contribution in [0.15, 0.2) is 59.4 Å². The van der Waals surface area contributed by atoms with E-state index in [1.807, 2.05) is 13.1 Å². The van der Waals surface area contributed by atoms with Crippen molar-refractivity contribution >= 4 is 17.3 Å². The molecule has 2 aromatic carbocycles. The number of fused-ring (bicyclic) bond motifs is 3. The van der Waals surface area contributed by atoms with Crippen LogP contribution in [-0.2, 0) is 11.3 Å². The van der Waals surface area contributed by atoms with Crippen molar-refractivity contribution in [1.29, 1.82) is 0 Å². The molecule has 1 unspecified atom stereocenters. The van der Waals surface area contributed by atoms with Crippen LogP contribution in [0.1, 0.15) is 29.9 Å². The van der Waals surface area contributed by atoms with Gasteiger partial charge in [-0.1, -0.05) is 41.9 Å². The zero-order valence-electron chi connectivity index (χ0n) is 18.4. The maximum absolute atomic E-state index is 11.3. The number of aryl methyl sites for hydroxylation is 2. The first-order valence-electron chi connectivity index (χ1n) is 10.7. The number of amides is 1. The molecule has 2 N–H and O–H groups in total. The number of primary amides is 1. The molecule has 0 fully saturated rings. The van der Waals surface area contributed by atoms with Crippen LogP contribution in [0.3, 0.4) is 0 Å². The Labute approximate surface area is 186 Å². The largest absolute Gasteiger partial charge is 0.368 e. The highest BCUT2D eigenvalue weighted by atomic mass is 16.5. The van der Waals surface area contributed by atoms with Gasteiger partial charge in [0.05, 0.1) is 11.9 Å². The van der Waals surface area contributed by atoms with Gasteiger partial charge in [-0.15, -0.1) is 0 Å². The molecule has 0 radical (unpaired) electrons. The SMILES string of the molecule is Cc1ccc(N2CC(C)c3onc(C)c3-c3ccc(-c4cnn(CC(N)=O)c4)cc32)cc1. The van der Waals surface area contributed by atoms with Crippen molar-refractivity contribution in [2.45, 2.75) is 33.2 Å². The zero-order chi connectivity index (χ0) is 22.4. The quantitative estimate of drug-likeness (QED) is 0.515. The fraction of sp³-hybridized carbons (Fsp3) is 0.240. The minimum Gasteiger partial charge on any atom is -0.368 e. The average Bonchev–Trinajstić information content (AvgIpc) is 3.35. The van der Waals surface area contributed by atoms with Crippen molar-refractivity contribution in [3.05, 3.63) is 71.9 Å². The molecule has 3 heterocycles. The summed E-state index contributed by atoms with van der Waals surface area (Å²) >= 11 is 0. The molecular weight excluding hydrogens is 402 g/mol. The molecule has 1 atom stereocenters. The molecule has 0 bridgehead atoms. The molecule has 7 nitrogen and oxygen atoms in total. The lowest BCUT2D eigenvalue weighted by molar-refractivity contribution is -0.118. The molecule has 1 aliphatic heterocycles. The number of aromatic nitrogens is 3. The Morgan fingerprint density at radius 3 is 2.69 bits per heavy atom. The maximum Gasteiger partial charge on any atom is 0.239 e. The van der Waals surface area contributed by atoms with Gasteiger partial charge in [0.15, 0.2) is 0 Å². The molecule has 0 spiro atoms. The molecule has 2 aromatic heterocycles. The standard InChI is InChI=1S/C25H25N5O2/c1-15-4-7-20(8-5-15)30-12-16(2)25-24(17(3)28-32-25)21-9-6-18(10-22(21)30)19-11-27-29(13-19)14-23(26)31/h4-11,13,16H,12,14H2,1-3H3,(H2,26,31). The van der Waals surface area contributed by atoms with E-state index < -0.39 is 5.91 Å². The van der Waals surface area contributed by atoms with Crippen molar-refractivity contribution in [2.24, 2.45) is 5.73 Å². The normalized spacial score (nSPS) is 15.2. The summed E-state index contributed by atoms with van der Waals surface area (Å²) < 4.78 is 7.32. The molecule has 4 aromatic rings. The molecular formula is C25H25N5O2. The second kappa shape index (κ2) is 7.67. The maximum atomic E-state index is 11.3. The highest BCUT2D eigenvalue weighted by Crippen LogP contribution is 2.46. The summed E-state index contributed by atoms with van der Waals surface area (Å²) in [6.45, 7) is 7.07. The van der Waals surface area contributed by atoms with E-state index in [2.05, 4.69) is 71.5 Å². The summed E-state index contributed by atoms with van der Waals surface area (Å²) in [5.41, 5.74) is 13.7. The van der Waals surface area contributed by atoms with Gasteiger partial charge in [-0.3, -0.25) is 9.48 Å². The Bertz CT molecular complexity index is 1300. The average molecular weight is 428 g/mol. The van der Waals surface area contributed by atoms with Gasteiger partial charge >= 0.3 is 0 Å². The van der Waals surface area contributed by atoms with Crippen molar-refractivity contribution in [1.82, 2.24) is 14.9 Å². The van der Waals surface area contributed by atoms with Gasteiger partial charge in [-0.2, -0.15) is 5.10 Å². The monoisotopic (exact) mass is 427 g/mol. The van der Waals surface area contributed by atoms with E-state index in [1.165, 1.54) is 5.56 Å². The summed E-state index contributed by atoms with van der Waals surface area (Å²) in [6.07, 6.45) is 3.61. The number of carbonyl (C=O) groups excluding carboxylic acids is 1. The number of rotatable bonds is 4. The Morgan fingerprint density at radius 1 is 1.16 bits per heavy atom. The van der Waals surface area contributed by atoms with Crippen LogP contribution in [0.2, 0.25) is 0 Å². The van der Waals surface area contributed by atoms with Gasteiger partial charge in [0, 0.05) is 46.7 Å². The third-order valence-electron chi connectivity index (χ3n) is 5.98. The van der Waals surface area contributed by atoms with Crippen LogP contribution in [-0.4, -0.2) is 27.4 Å². The summed E-state index contributed by atoms with van der Waals surface area (Å²) in [7, 11) is 0. The summed E-state index contributed by atoms with van der Waals surface area (Å²) in [5.74, 6) is 0.665. The first kappa shape index (κ1) is 20.1. The lowest BCUT2D eigenvalue weighted by Gasteiger charge is -2.27. The summed E-state index contributed by atoms with van der Waals surface area (Å²) in [4.78, 5) is 13.6. The highest BCUT2D eigenvalue weighted by molar-refractivity contribution is 5.89. The Morgan fingerprint density at radius 2 is 1.94 bits per heavy atom. The first-order chi connectivity index (χ1) is 15.4. The number of hydrogen-bond acceptors (Lipinski definition) is 5. The molecule has 32 heavy (non-hydrogen) atoms. The smallest absolute Gasteiger partial charge is 0.239 e. The van der Waals surface area contributed by atoms with E-state index in [9.17, 15) is 4.79 Å². The number of nitrogens with zero attached hydrogens (tertiary/aromatic N) is 4. The number of anilines is 2. The zero-order valence-corrected chi connectivity index (χ0v) is 18.4. The predicted octanol–water partition coefficient (Wildman–Crippen LogP) is 4.56. The van der Waals surface area contributed by atoms with Crippen LogP contribution in [0.5, 0.6) is 0 Å². The van der Waals surface area contributed by atoms with Gasteiger partial charge < -0.3 is 15.2 Å². The first-order valence-corrected chi connectivity index (χ1v) is 10.7. The van der Waals surface area contributed by atoms with E-state index in [1.54, 1.807) is 10.9 Å². The minimum absolute atomic E-state index is 0.0567. The number of hydrogen-bond donors (Lipinski definition) is 1. The number of benzene rings is 2. The fourth-order valence-electron chi connectivity index (χ4n) is 4.38. The predicted molar refractivity (Wildman–Crippen MR) is 124 cm³/mol. The second-order valence-corrected chi connectivity index (χ2v) is 8.48. The van der Waals surface area contributed by atoms with Crippen molar-refractivity contribution in [2.75, 3.05) is 11.4 Å². The van der Waals surface area contributed by atoms with E-state index in [-0.39, 0.29) is 12.5 Å². The van der Waals surface area contributed by atoms with Crippen LogP contribution >= 0.6 is 0 Å². The Balaban J connectivity index is 1.67. The molecule has 0 saturated carbocycles. The van der Waals surface area contributed by atoms with Crippen molar-refractivity contribution in [3.8, 4) is 22.3 Å². The number of nitrogens with two attached hydrogens (primary N) is 1. The highest BCUT2D eigenvalue weighted by Gasteiger charge is 2.30. The van der Waals surface area contributed by atoms with Crippen LogP contribution in [0, 0.1) is 13.8 Å². The molecule has 1 aliphatic rings. The van der Waals surface area contributed by atoms with Crippen LogP contribution in [0.25, 0.3) is 22.3 Å². The van der Waals surface area contributed by atoms with E-state index >= 15 is 0 Å². The van der Waals surface area contributed by atoms with Gasteiger partial charge in [0.25, 0.3) is 0 Å². The molecule has 0 aliphatic carbocycles. The fourth-order valence-corrected chi connectivity index (χ4v) is 4.38. The second-order valence-electron chi connectivity index (χ2n) is 8.48. The van der Waals surface area contributed by atoms with E-state index in [0.717, 1.165) is 51.6 Å². The van der Waals surface area contributed by atoms with Gasteiger partial charge in [-0.05, 0) is 37.6 Å².